The second kappa shape index (κ2) is 9.66. The van der Waals surface area contributed by atoms with Gasteiger partial charge in [0.1, 0.15) is 41.8 Å². The van der Waals surface area contributed by atoms with Crippen molar-refractivity contribution in [3.05, 3.63) is 95.6 Å². The number of pyridine rings is 1. The number of ether oxygens (including phenoxy) is 2. The molecule has 0 amide bonds. The van der Waals surface area contributed by atoms with E-state index >= 15 is 8.78 Å². The smallest absolute Gasteiger partial charge is 0.323 e. The molecule has 2 aromatic heterocycles. The molecule has 0 aliphatic heterocycles. The van der Waals surface area contributed by atoms with Gasteiger partial charge in [0.2, 0.25) is 0 Å². The summed E-state index contributed by atoms with van der Waals surface area (Å²) < 4.78 is 70.9. The van der Waals surface area contributed by atoms with E-state index in [-0.39, 0.29) is 12.4 Å². The highest BCUT2D eigenvalue weighted by atomic mass is 19.3. The minimum Gasteiger partial charge on any atom is -0.497 e. The number of hydrogen-bond acceptors (Lipinski definition) is 7. The van der Waals surface area contributed by atoms with E-state index in [4.69, 9.17) is 9.47 Å². The fourth-order valence-electron chi connectivity index (χ4n) is 3.42. The Morgan fingerprint density at radius 1 is 1.00 bits per heavy atom. The van der Waals surface area contributed by atoms with Crippen LogP contribution in [0.4, 0.5) is 17.6 Å². The molecule has 12 heteroatoms. The number of tetrazole rings is 1. The Labute approximate surface area is 196 Å². The maximum Gasteiger partial charge on any atom is 0.323 e. The van der Waals surface area contributed by atoms with E-state index in [1.165, 1.54) is 6.07 Å². The summed E-state index contributed by atoms with van der Waals surface area (Å²) in [5, 5.41) is 21.3. The number of aromatic nitrogens is 5. The monoisotopic (exact) mass is 489 g/mol. The number of nitrogens with zero attached hydrogens (tertiary/aromatic N) is 5. The second-order valence-corrected chi connectivity index (χ2v) is 7.58. The lowest BCUT2D eigenvalue weighted by Gasteiger charge is -2.35. The summed E-state index contributed by atoms with van der Waals surface area (Å²) in [6, 6.07) is 11.2. The first-order valence-corrected chi connectivity index (χ1v) is 10.2. The Kier molecular flexibility index (Phi) is 6.65. The zero-order valence-electron chi connectivity index (χ0n) is 18.3. The normalized spacial score (nSPS) is 13.3. The second-order valence-electron chi connectivity index (χ2n) is 7.58. The van der Waals surface area contributed by atoms with Gasteiger partial charge in [0, 0.05) is 11.6 Å². The standard InChI is InChI=1S/C23H19F4N5O3/c1-34-17-5-2-15(3-6-17)12-35-18-7-9-21(28-11-18)23(26,27)22(33,13-32-14-29-30-31-32)19-8-4-16(24)10-20(19)25/h2-11,14,33H,12-13H2,1H3. The molecule has 0 aliphatic rings. The van der Waals surface area contributed by atoms with Crippen LogP contribution in [0.15, 0.2) is 67.1 Å². The molecular formula is C23H19F4N5O3. The molecule has 8 nitrogen and oxygen atoms in total. The number of rotatable bonds is 9. The van der Waals surface area contributed by atoms with Gasteiger partial charge >= 0.3 is 5.92 Å². The lowest BCUT2D eigenvalue weighted by Crippen LogP contribution is -2.48. The van der Waals surface area contributed by atoms with Crippen LogP contribution in [0.1, 0.15) is 16.8 Å². The Balaban J connectivity index is 1.61. The highest BCUT2D eigenvalue weighted by molar-refractivity contribution is 5.33. The largest absolute Gasteiger partial charge is 0.497 e. The molecule has 35 heavy (non-hydrogen) atoms. The highest BCUT2D eigenvalue weighted by Crippen LogP contribution is 2.46. The van der Waals surface area contributed by atoms with E-state index in [1.807, 2.05) is 0 Å². The SMILES string of the molecule is COc1ccc(COc2ccc(C(F)(F)C(O)(Cn3cnnn3)c3ccc(F)cc3F)nc2)cc1. The maximum atomic E-state index is 15.7. The van der Waals surface area contributed by atoms with Crippen LogP contribution < -0.4 is 9.47 Å². The molecule has 0 fully saturated rings. The van der Waals surface area contributed by atoms with Crippen molar-refractivity contribution in [1.82, 2.24) is 25.2 Å². The third-order valence-corrected chi connectivity index (χ3v) is 5.30. The Morgan fingerprint density at radius 2 is 1.74 bits per heavy atom. The number of methoxy groups -OCH3 is 1. The highest BCUT2D eigenvalue weighted by Gasteiger charge is 2.58. The van der Waals surface area contributed by atoms with Crippen molar-refractivity contribution in [3.63, 3.8) is 0 Å². The molecule has 2 heterocycles. The summed E-state index contributed by atoms with van der Waals surface area (Å²) >= 11 is 0. The van der Waals surface area contributed by atoms with Gasteiger partial charge in [-0.2, -0.15) is 8.78 Å². The van der Waals surface area contributed by atoms with Crippen molar-refractivity contribution in [3.8, 4) is 11.5 Å². The van der Waals surface area contributed by atoms with Crippen molar-refractivity contribution in [1.29, 1.82) is 0 Å². The van der Waals surface area contributed by atoms with Crippen LogP contribution in [0.2, 0.25) is 0 Å². The number of halogens is 4. The molecule has 0 bridgehead atoms. The average Bonchev–Trinajstić information content (AvgIpc) is 3.36. The summed E-state index contributed by atoms with van der Waals surface area (Å²) in [6.07, 6.45) is 2.04. The Bertz CT molecular complexity index is 1270. The predicted molar refractivity (Wildman–Crippen MR) is 114 cm³/mol. The quantitative estimate of drug-likeness (QED) is 0.359. The fraction of sp³-hybridized carbons (Fsp3) is 0.217. The minimum absolute atomic E-state index is 0.144. The maximum absolute atomic E-state index is 15.7. The van der Waals surface area contributed by atoms with E-state index < -0.39 is 41.0 Å². The molecule has 1 unspecified atom stereocenters. The molecule has 0 saturated heterocycles. The lowest BCUT2D eigenvalue weighted by atomic mass is 9.84. The number of alkyl halides is 2. The third-order valence-electron chi connectivity index (χ3n) is 5.30. The van der Waals surface area contributed by atoms with Gasteiger partial charge in [0.05, 0.1) is 19.9 Å². The van der Waals surface area contributed by atoms with E-state index in [2.05, 4.69) is 20.5 Å². The van der Waals surface area contributed by atoms with Gasteiger partial charge in [-0.1, -0.05) is 12.1 Å². The number of benzene rings is 2. The molecule has 4 rings (SSSR count). The molecule has 1 atom stereocenters. The summed E-state index contributed by atoms with van der Waals surface area (Å²) in [7, 11) is 1.54. The van der Waals surface area contributed by atoms with Gasteiger partial charge in [-0.15, -0.1) is 5.10 Å². The molecule has 4 aromatic rings. The molecule has 0 saturated carbocycles. The van der Waals surface area contributed by atoms with Crippen molar-refractivity contribution in [2.75, 3.05) is 7.11 Å². The average molecular weight is 489 g/mol. The van der Waals surface area contributed by atoms with Crippen molar-refractivity contribution < 1.29 is 32.1 Å². The summed E-state index contributed by atoms with van der Waals surface area (Å²) in [5.41, 5.74) is -4.11. The van der Waals surface area contributed by atoms with Crippen LogP contribution in [0, 0.1) is 11.6 Å². The third kappa shape index (κ3) is 4.92. The Morgan fingerprint density at radius 3 is 2.34 bits per heavy atom. The zero-order valence-corrected chi connectivity index (χ0v) is 18.3. The first kappa shape index (κ1) is 24.1. The van der Waals surface area contributed by atoms with Gasteiger partial charge < -0.3 is 14.6 Å². The predicted octanol–water partition coefficient (Wildman–Crippen LogP) is 3.61. The minimum atomic E-state index is -4.15. The first-order chi connectivity index (χ1) is 16.7. The van der Waals surface area contributed by atoms with Crippen LogP contribution in [-0.2, 0) is 24.7 Å². The molecule has 1 N–H and O–H groups in total. The zero-order chi connectivity index (χ0) is 25.1. The molecule has 0 radical (unpaired) electrons. The molecular weight excluding hydrogens is 470 g/mol. The van der Waals surface area contributed by atoms with Gasteiger partial charge in [-0.3, -0.25) is 4.98 Å². The molecule has 182 valence electrons. The van der Waals surface area contributed by atoms with Gasteiger partial charge in [0.25, 0.3) is 0 Å². The first-order valence-electron chi connectivity index (χ1n) is 10.2. The molecule has 2 aromatic carbocycles. The van der Waals surface area contributed by atoms with Crippen molar-refractivity contribution in [2.24, 2.45) is 0 Å². The van der Waals surface area contributed by atoms with E-state index in [9.17, 15) is 13.9 Å². The van der Waals surface area contributed by atoms with Crippen LogP contribution in [-0.4, -0.2) is 37.4 Å². The lowest BCUT2D eigenvalue weighted by molar-refractivity contribution is -0.207. The summed E-state index contributed by atoms with van der Waals surface area (Å²) in [4.78, 5) is 3.75. The number of hydrogen-bond donors (Lipinski definition) is 1. The van der Waals surface area contributed by atoms with Gasteiger partial charge in [-0.25, -0.2) is 13.5 Å². The van der Waals surface area contributed by atoms with Crippen LogP contribution in [0.5, 0.6) is 11.5 Å². The van der Waals surface area contributed by atoms with Gasteiger partial charge in [-0.05, 0) is 52.4 Å². The van der Waals surface area contributed by atoms with E-state index in [1.54, 1.807) is 31.4 Å². The topological polar surface area (TPSA) is 95.2 Å². The van der Waals surface area contributed by atoms with Crippen molar-refractivity contribution >= 4 is 0 Å². The van der Waals surface area contributed by atoms with Crippen LogP contribution in [0.3, 0.4) is 0 Å². The molecule has 0 aliphatic carbocycles. The Hall–Kier alpha value is -4.06. The van der Waals surface area contributed by atoms with E-state index in [0.29, 0.717) is 11.8 Å². The molecule has 0 spiro atoms. The van der Waals surface area contributed by atoms with Gasteiger partial charge in [0.15, 0.2) is 5.60 Å². The van der Waals surface area contributed by atoms with E-state index in [0.717, 1.165) is 41.0 Å². The van der Waals surface area contributed by atoms with Crippen LogP contribution >= 0.6 is 0 Å². The summed E-state index contributed by atoms with van der Waals surface area (Å²) in [6.45, 7) is -0.793. The summed E-state index contributed by atoms with van der Waals surface area (Å²) in [5.74, 6) is -5.63. The van der Waals surface area contributed by atoms with Crippen LogP contribution in [0.25, 0.3) is 0 Å². The fourth-order valence-corrected chi connectivity index (χ4v) is 3.42. The van der Waals surface area contributed by atoms with Crippen molar-refractivity contribution in [2.45, 2.75) is 24.7 Å². The number of aliphatic hydroxyl groups is 1.